The molecule has 1 heterocycles. The highest BCUT2D eigenvalue weighted by Crippen LogP contribution is 2.12. The molecule has 1 aliphatic heterocycles. The summed E-state index contributed by atoms with van der Waals surface area (Å²) in [7, 11) is 0. The van der Waals surface area contributed by atoms with E-state index in [4.69, 9.17) is 4.74 Å². The average molecular weight is 211 g/mol. The molecule has 2 nitrogen and oxygen atoms in total. The molecule has 1 aliphatic rings. The molecule has 0 saturated heterocycles. The fourth-order valence-corrected chi connectivity index (χ4v) is 2.06. The van der Waals surface area contributed by atoms with Gasteiger partial charge in [0.2, 0.25) is 0 Å². The van der Waals surface area contributed by atoms with Gasteiger partial charge in [-0.3, -0.25) is 0 Å². The first-order valence-corrected chi connectivity index (χ1v) is 6.23. The number of hydrogen-bond acceptors (Lipinski definition) is 2. The van der Waals surface area contributed by atoms with E-state index in [1.807, 2.05) is 0 Å². The molecule has 88 valence electrons. The lowest BCUT2D eigenvalue weighted by Gasteiger charge is -2.21. The first-order chi connectivity index (χ1) is 7.24. The molecule has 1 rings (SSSR count). The molecule has 0 saturated carbocycles. The molecule has 15 heavy (non-hydrogen) atoms. The quantitative estimate of drug-likeness (QED) is 0.682. The fraction of sp³-hybridized carbons (Fsp3) is 0.846. The Kier molecular flexibility index (Phi) is 5.96. The maximum absolute atomic E-state index is 5.29. The Balaban J connectivity index is 2.16. The minimum Gasteiger partial charge on any atom is -0.377 e. The lowest BCUT2D eigenvalue weighted by Crippen LogP contribution is -2.34. The van der Waals surface area contributed by atoms with Crippen molar-refractivity contribution in [3.63, 3.8) is 0 Å². The van der Waals surface area contributed by atoms with E-state index < -0.39 is 0 Å². The average Bonchev–Trinajstić information content (AvgIpc) is 2.25. The molecule has 0 aromatic heterocycles. The molecule has 0 aromatic rings. The monoisotopic (exact) mass is 211 g/mol. The first-order valence-electron chi connectivity index (χ1n) is 6.23. The predicted molar refractivity (Wildman–Crippen MR) is 65.1 cm³/mol. The van der Waals surface area contributed by atoms with Gasteiger partial charge in [0.15, 0.2) is 0 Å². The summed E-state index contributed by atoms with van der Waals surface area (Å²) in [6, 6.07) is 0.672. The highest BCUT2D eigenvalue weighted by Gasteiger charge is 2.10. The molecular weight excluding hydrogens is 186 g/mol. The van der Waals surface area contributed by atoms with Crippen LogP contribution in [0.3, 0.4) is 0 Å². The second kappa shape index (κ2) is 7.02. The second-order valence-electron chi connectivity index (χ2n) is 4.65. The largest absolute Gasteiger partial charge is 0.377 e. The molecule has 1 N–H and O–H groups in total. The van der Waals surface area contributed by atoms with Crippen LogP contribution >= 0.6 is 0 Å². The van der Waals surface area contributed by atoms with Gasteiger partial charge in [-0.1, -0.05) is 32.4 Å². The van der Waals surface area contributed by atoms with Crippen LogP contribution in [-0.2, 0) is 4.74 Å². The zero-order valence-corrected chi connectivity index (χ0v) is 10.4. The second-order valence-corrected chi connectivity index (χ2v) is 4.65. The molecular formula is C13H25NO. The van der Waals surface area contributed by atoms with E-state index in [1.165, 1.54) is 12.8 Å². The summed E-state index contributed by atoms with van der Waals surface area (Å²) in [5.41, 5.74) is 1.56. The van der Waals surface area contributed by atoms with Crippen molar-refractivity contribution in [1.82, 2.24) is 5.32 Å². The van der Waals surface area contributed by atoms with Gasteiger partial charge in [0.05, 0.1) is 13.2 Å². The van der Waals surface area contributed by atoms with Crippen molar-refractivity contribution in [2.75, 3.05) is 19.8 Å². The Hall–Kier alpha value is -0.340. The summed E-state index contributed by atoms with van der Waals surface area (Å²) >= 11 is 0. The van der Waals surface area contributed by atoms with Gasteiger partial charge in [-0.25, -0.2) is 0 Å². The maximum atomic E-state index is 5.29. The van der Waals surface area contributed by atoms with Crippen LogP contribution in [0.5, 0.6) is 0 Å². The molecule has 2 heteroatoms. The third-order valence-corrected chi connectivity index (χ3v) is 3.15. The summed E-state index contributed by atoms with van der Waals surface area (Å²) in [4.78, 5) is 0. The van der Waals surface area contributed by atoms with Crippen LogP contribution in [0.2, 0.25) is 0 Å². The van der Waals surface area contributed by atoms with Crippen LogP contribution in [0.1, 0.15) is 40.0 Å². The normalized spacial score (nSPS) is 19.1. The van der Waals surface area contributed by atoms with E-state index in [1.54, 1.807) is 5.57 Å². The molecule has 0 radical (unpaired) electrons. The zero-order valence-electron chi connectivity index (χ0n) is 10.4. The van der Waals surface area contributed by atoms with Crippen LogP contribution in [-0.4, -0.2) is 25.8 Å². The van der Waals surface area contributed by atoms with Gasteiger partial charge in [-0.15, -0.1) is 0 Å². The van der Waals surface area contributed by atoms with Gasteiger partial charge >= 0.3 is 0 Å². The van der Waals surface area contributed by atoms with Gasteiger partial charge in [0, 0.05) is 6.04 Å². The van der Waals surface area contributed by atoms with E-state index in [2.05, 4.69) is 32.2 Å². The smallest absolute Gasteiger partial charge is 0.0650 e. The molecule has 1 atom stereocenters. The maximum Gasteiger partial charge on any atom is 0.0650 e. The van der Waals surface area contributed by atoms with E-state index in [9.17, 15) is 0 Å². The van der Waals surface area contributed by atoms with Crippen molar-refractivity contribution >= 4 is 0 Å². The van der Waals surface area contributed by atoms with Gasteiger partial charge < -0.3 is 10.1 Å². The standard InChI is InChI=1S/C13H25NO/c1-4-13(11(2)3)14-8-5-12-6-9-15-10-7-12/h6,11,13-14H,4-5,7-10H2,1-3H3. The summed E-state index contributed by atoms with van der Waals surface area (Å²) in [5.74, 6) is 0.735. The summed E-state index contributed by atoms with van der Waals surface area (Å²) in [6.45, 7) is 9.67. The van der Waals surface area contributed by atoms with Crippen molar-refractivity contribution in [1.29, 1.82) is 0 Å². The van der Waals surface area contributed by atoms with E-state index in [-0.39, 0.29) is 0 Å². The molecule has 0 spiro atoms. The van der Waals surface area contributed by atoms with Crippen molar-refractivity contribution in [2.24, 2.45) is 5.92 Å². The third kappa shape index (κ3) is 4.80. The predicted octanol–water partition coefficient (Wildman–Crippen LogP) is 2.75. The van der Waals surface area contributed by atoms with Crippen LogP contribution < -0.4 is 5.32 Å². The van der Waals surface area contributed by atoms with Crippen molar-refractivity contribution in [3.8, 4) is 0 Å². The molecule has 0 aliphatic carbocycles. The van der Waals surface area contributed by atoms with E-state index in [0.717, 1.165) is 32.1 Å². The molecule has 1 unspecified atom stereocenters. The summed E-state index contributed by atoms with van der Waals surface area (Å²) < 4.78 is 5.29. The van der Waals surface area contributed by atoms with Gasteiger partial charge in [-0.2, -0.15) is 0 Å². The number of rotatable bonds is 6. The van der Waals surface area contributed by atoms with Crippen molar-refractivity contribution < 1.29 is 4.74 Å². The topological polar surface area (TPSA) is 21.3 Å². The molecule has 0 bridgehead atoms. The summed E-state index contributed by atoms with van der Waals surface area (Å²) in [6.07, 6.45) is 5.77. The van der Waals surface area contributed by atoms with E-state index in [0.29, 0.717) is 6.04 Å². The number of ether oxygens (including phenoxy) is 1. The van der Waals surface area contributed by atoms with Crippen LogP contribution in [0.25, 0.3) is 0 Å². The SMILES string of the molecule is CCC(NCCC1=CCOCC1)C(C)C. The van der Waals surface area contributed by atoms with Crippen LogP contribution in [0.4, 0.5) is 0 Å². The third-order valence-electron chi connectivity index (χ3n) is 3.15. The van der Waals surface area contributed by atoms with E-state index >= 15 is 0 Å². The molecule has 0 amide bonds. The zero-order chi connectivity index (χ0) is 11.1. The minimum absolute atomic E-state index is 0.672. The molecule has 0 fully saturated rings. The Morgan fingerprint density at radius 2 is 2.27 bits per heavy atom. The van der Waals surface area contributed by atoms with Gasteiger partial charge in [0.1, 0.15) is 0 Å². The Morgan fingerprint density at radius 3 is 2.80 bits per heavy atom. The van der Waals surface area contributed by atoms with Gasteiger partial charge in [-0.05, 0) is 31.7 Å². The summed E-state index contributed by atoms with van der Waals surface area (Å²) in [5, 5.41) is 3.63. The minimum atomic E-state index is 0.672. The van der Waals surface area contributed by atoms with Crippen molar-refractivity contribution in [3.05, 3.63) is 11.6 Å². The number of hydrogen-bond donors (Lipinski definition) is 1. The van der Waals surface area contributed by atoms with Crippen LogP contribution in [0.15, 0.2) is 11.6 Å². The first kappa shape index (κ1) is 12.7. The lowest BCUT2D eigenvalue weighted by molar-refractivity contribution is 0.153. The Labute approximate surface area is 94.1 Å². The van der Waals surface area contributed by atoms with Crippen molar-refractivity contribution in [2.45, 2.75) is 46.1 Å². The molecule has 0 aromatic carbocycles. The lowest BCUT2D eigenvalue weighted by atomic mass is 10.0. The van der Waals surface area contributed by atoms with Gasteiger partial charge in [0.25, 0.3) is 0 Å². The fourth-order valence-electron chi connectivity index (χ4n) is 2.06. The Bertz CT molecular complexity index is 199. The number of nitrogens with one attached hydrogen (secondary N) is 1. The Morgan fingerprint density at radius 1 is 1.47 bits per heavy atom. The highest BCUT2D eigenvalue weighted by atomic mass is 16.5. The van der Waals surface area contributed by atoms with Crippen LogP contribution in [0, 0.1) is 5.92 Å². The highest BCUT2D eigenvalue weighted by molar-refractivity contribution is 5.04.